The number of ether oxygens (including phenoxy) is 1. The second-order valence-corrected chi connectivity index (χ2v) is 5.79. The highest BCUT2D eigenvalue weighted by Gasteiger charge is 2.13. The van der Waals surface area contributed by atoms with Crippen molar-refractivity contribution in [3.63, 3.8) is 0 Å². The molecule has 0 spiro atoms. The Morgan fingerprint density at radius 1 is 1.23 bits per heavy atom. The summed E-state index contributed by atoms with van der Waals surface area (Å²) in [6.07, 6.45) is 0.782. The SMILES string of the molecule is CCOc1ccc(C(CN)Cc2ccc(O)c(Cl)c2)cc1C. The Labute approximate surface area is 136 Å². The molecule has 0 aromatic heterocycles. The average Bonchev–Trinajstić information content (AvgIpc) is 2.50. The van der Waals surface area contributed by atoms with E-state index in [1.807, 2.05) is 26.0 Å². The number of phenolic OH excluding ortho intramolecular Hbond substituents is 1. The van der Waals surface area contributed by atoms with Crippen LogP contribution in [-0.4, -0.2) is 18.3 Å². The molecule has 0 aliphatic carbocycles. The minimum Gasteiger partial charge on any atom is -0.506 e. The summed E-state index contributed by atoms with van der Waals surface area (Å²) >= 11 is 5.97. The molecule has 0 aliphatic heterocycles. The van der Waals surface area contributed by atoms with E-state index < -0.39 is 0 Å². The summed E-state index contributed by atoms with van der Waals surface area (Å²) in [5, 5.41) is 9.87. The first-order valence-electron chi connectivity index (χ1n) is 7.46. The highest BCUT2D eigenvalue weighted by molar-refractivity contribution is 6.32. The van der Waals surface area contributed by atoms with E-state index in [4.69, 9.17) is 22.1 Å². The second-order valence-electron chi connectivity index (χ2n) is 5.38. The second kappa shape index (κ2) is 7.52. The lowest BCUT2D eigenvalue weighted by Gasteiger charge is -2.18. The molecule has 0 heterocycles. The lowest BCUT2D eigenvalue weighted by Crippen LogP contribution is -2.15. The Balaban J connectivity index is 2.20. The monoisotopic (exact) mass is 319 g/mol. The number of phenols is 1. The quantitative estimate of drug-likeness (QED) is 0.845. The zero-order valence-corrected chi connectivity index (χ0v) is 13.7. The van der Waals surface area contributed by atoms with Crippen molar-refractivity contribution in [2.24, 2.45) is 5.73 Å². The molecular weight excluding hydrogens is 298 g/mol. The summed E-state index contributed by atoms with van der Waals surface area (Å²) in [5.41, 5.74) is 9.31. The van der Waals surface area contributed by atoms with E-state index in [1.165, 1.54) is 5.56 Å². The molecule has 0 radical (unpaired) electrons. The molecule has 1 unspecified atom stereocenters. The van der Waals surface area contributed by atoms with Gasteiger partial charge >= 0.3 is 0 Å². The highest BCUT2D eigenvalue weighted by atomic mass is 35.5. The van der Waals surface area contributed by atoms with Gasteiger partial charge in [-0.2, -0.15) is 0 Å². The van der Waals surface area contributed by atoms with E-state index in [0.717, 1.165) is 23.3 Å². The molecule has 2 aromatic rings. The van der Waals surface area contributed by atoms with Gasteiger partial charge in [0.2, 0.25) is 0 Å². The molecule has 22 heavy (non-hydrogen) atoms. The number of aromatic hydroxyl groups is 1. The standard InChI is InChI=1S/C18H22ClNO2/c1-3-22-18-7-5-14(8-12(18)2)15(11-20)9-13-4-6-17(21)16(19)10-13/h4-8,10,15,21H,3,9,11,20H2,1-2H3. The van der Waals surface area contributed by atoms with Gasteiger partial charge in [-0.25, -0.2) is 0 Å². The molecule has 0 bridgehead atoms. The predicted octanol–water partition coefficient (Wildman–Crippen LogP) is 4.04. The largest absolute Gasteiger partial charge is 0.506 e. The van der Waals surface area contributed by atoms with Crippen molar-refractivity contribution in [1.29, 1.82) is 0 Å². The molecule has 4 heteroatoms. The van der Waals surface area contributed by atoms with Crippen molar-refractivity contribution < 1.29 is 9.84 Å². The van der Waals surface area contributed by atoms with Crippen molar-refractivity contribution in [2.45, 2.75) is 26.2 Å². The topological polar surface area (TPSA) is 55.5 Å². The van der Waals surface area contributed by atoms with Gasteiger partial charge in [-0.1, -0.05) is 29.8 Å². The zero-order chi connectivity index (χ0) is 16.1. The van der Waals surface area contributed by atoms with Crippen LogP contribution in [0.1, 0.15) is 29.5 Å². The van der Waals surface area contributed by atoms with Gasteiger partial charge in [-0.15, -0.1) is 0 Å². The Hall–Kier alpha value is -1.71. The minimum atomic E-state index is 0.103. The maximum absolute atomic E-state index is 9.50. The first kappa shape index (κ1) is 16.7. The fraction of sp³-hybridized carbons (Fsp3) is 0.333. The van der Waals surface area contributed by atoms with Crippen LogP contribution in [0.4, 0.5) is 0 Å². The molecule has 0 saturated heterocycles. The van der Waals surface area contributed by atoms with Crippen molar-refractivity contribution >= 4 is 11.6 Å². The summed E-state index contributed by atoms with van der Waals surface area (Å²) in [6.45, 7) is 5.22. The number of hydrogen-bond acceptors (Lipinski definition) is 3. The van der Waals surface area contributed by atoms with Crippen LogP contribution in [0.25, 0.3) is 0 Å². The molecule has 118 valence electrons. The first-order valence-corrected chi connectivity index (χ1v) is 7.83. The number of aryl methyl sites for hydroxylation is 1. The maximum Gasteiger partial charge on any atom is 0.134 e. The molecule has 2 rings (SSSR count). The Morgan fingerprint density at radius 2 is 2.00 bits per heavy atom. The van der Waals surface area contributed by atoms with Crippen molar-refractivity contribution in [3.05, 3.63) is 58.1 Å². The predicted molar refractivity (Wildman–Crippen MR) is 91.0 cm³/mol. The van der Waals surface area contributed by atoms with E-state index in [0.29, 0.717) is 18.2 Å². The number of nitrogens with two attached hydrogens (primary N) is 1. The van der Waals surface area contributed by atoms with Gasteiger partial charge in [0.1, 0.15) is 11.5 Å². The molecule has 1 atom stereocenters. The van der Waals surface area contributed by atoms with Crippen LogP contribution in [0.2, 0.25) is 5.02 Å². The lowest BCUT2D eigenvalue weighted by molar-refractivity contribution is 0.337. The van der Waals surface area contributed by atoms with Gasteiger partial charge in [0.25, 0.3) is 0 Å². The van der Waals surface area contributed by atoms with E-state index >= 15 is 0 Å². The number of halogens is 1. The summed E-state index contributed by atoms with van der Waals surface area (Å²) < 4.78 is 5.58. The van der Waals surface area contributed by atoms with Crippen LogP contribution in [-0.2, 0) is 6.42 Å². The minimum absolute atomic E-state index is 0.103. The van der Waals surface area contributed by atoms with Gasteiger partial charge < -0.3 is 15.6 Å². The van der Waals surface area contributed by atoms with E-state index in [1.54, 1.807) is 12.1 Å². The normalized spacial score (nSPS) is 12.2. The van der Waals surface area contributed by atoms with Gasteiger partial charge in [0, 0.05) is 5.92 Å². The summed E-state index contributed by atoms with van der Waals surface area (Å²) in [7, 11) is 0. The Morgan fingerprint density at radius 3 is 2.59 bits per heavy atom. The maximum atomic E-state index is 9.50. The van der Waals surface area contributed by atoms with Crippen LogP contribution in [0.5, 0.6) is 11.5 Å². The molecule has 2 aromatic carbocycles. The number of rotatable bonds is 6. The molecule has 0 fully saturated rings. The van der Waals surface area contributed by atoms with Crippen molar-refractivity contribution in [1.82, 2.24) is 0 Å². The van der Waals surface area contributed by atoms with E-state index in [9.17, 15) is 5.11 Å². The fourth-order valence-corrected chi connectivity index (χ4v) is 2.75. The van der Waals surface area contributed by atoms with Crippen LogP contribution in [0.3, 0.4) is 0 Å². The summed E-state index contributed by atoms with van der Waals surface area (Å²) in [6, 6.07) is 11.5. The first-order chi connectivity index (χ1) is 10.5. The van der Waals surface area contributed by atoms with Crippen molar-refractivity contribution in [2.75, 3.05) is 13.2 Å². The van der Waals surface area contributed by atoms with Gasteiger partial charge in [0.15, 0.2) is 0 Å². The van der Waals surface area contributed by atoms with E-state index in [-0.39, 0.29) is 11.7 Å². The molecule has 0 aliphatic rings. The van der Waals surface area contributed by atoms with Crippen LogP contribution < -0.4 is 10.5 Å². The third kappa shape index (κ3) is 3.93. The van der Waals surface area contributed by atoms with Gasteiger partial charge in [0.05, 0.1) is 11.6 Å². The van der Waals surface area contributed by atoms with Crippen molar-refractivity contribution in [3.8, 4) is 11.5 Å². The molecule has 0 amide bonds. The van der Waals surface area contributed by atoms with Gasteiger partial charge in [-0.05, 0) is 61.7 Å². The molecular formula is C18H22ClNO2. The van der Waals surface area contributed by atoms with E-state index in [2.05, 4.69) is 12.1 Å². The molecule has 3 N–H and O–H groups in total. The lowest BCUT2D eigenvalue weighted by atomic mass is 9.91. The molecule has 0 saturated carbocycles. The smallest absolute Gasteiger partial charge is 0.134 e. The average molecular weight is 320 g/mol. The van der Waals surface area contributed by atoms with Gasteiger partial charge in [-0.3, -0.25) is 0 Å². The summed E-state index contributed by atoms with van der Waals surface area (Å²) in [5.74, 6) is 1.22. The number of benzene rings is 2. The molecule has 3 nitrogen and oxygen atoms in total. The van der Waals surface area contributed by atoms with Crippen LogP contribution in [0, 0.1) is 6.92 Å². The Kier molecular flexibility index (Phi) is 5.69. The van der Waals surface area contributed by atoms with Crippen LogP contribution in [0.15, 0.2) is 36.4 Å². The Bertz CT molecular complexity index is 643. The fourth-order valence-electron chi connectivity index (χ4n) is 2.54. The highest BCUT2D eigenvalue weighted by Crippen LogP contribution is 2.29. The summed E-state index contributed by atoms with van der Waals surface area (Å²) in [4.78, 5) is 0. The number of hydrogen-bond donors (Lipinski definition) is 2. The van der Waals surface area contributed by atoms with Crippen LogP contribution >= 0.6 is 11.6 Å². The third-order valence-electron chi connectivity index (χ3n) is 3.75. The third-order valence-corrected chi connectivity index (χ3v) is 4.05. The zero-order valence-electron chi connectivity index (χ0n) is 13.0.